The Hall–Kier alpha value is -1.11. The molecule has 1 aromatic carbocycles. The van der Waals surface area contributed by atoms with Gasteiger partial charge in [0.05, 0.1) is 0 Å². The van der Waals surface area contributed by atoms with Crippen LogP contribution in [0.4, 0.5) is 0 Å². The maximum atomic E-state index is 11.7. The van der Waals surface area contributed by atoms with Gasteiger partial charge in [0.2, 0.25) is 0 Å². The third-order valence-corrected chi connectivity index (χ3v) is 4.03. The normalized spacial score (nSPS) is 11.7. The molecule has 1 nitrogen and oxygen atoms in total. The number of benzene rings is 1. The Morgan fingerprint density at radius 1 is 1.00 bits per heavy atom. The van der Waals surface area contributed by atoms with Crippen LogP contribution in [-0.4, -0.2) is 5.78 Å². The summed E-state index contributed by atoms with van der Waals surface area (Å²) in [5.74, 6) is 0.221. The van der Waals surface area contributed by atoms with Crippen LogP contribution in [0, 0.1) is 27.7 Å². The molecule has 0 aromatic heterocycles. The van der Waals surface area contributed by atoms with E-state index in [0.29, 0.717) is 0 Å². The molecule has 0 heterocycles. The van der Waals surface area contributed by atoms with Gasteiger partial charge in [-0.15, -0.1) is 0 Å². The highest BCUT2D eigenvalue weighted by molar-refractivity contribution is 5.87. The molecular formula is C15H22O. The number of rotatable bonds is 2. The first-order valence-corrected chi connectivity index (χ1v) is 5.78. The van der Waals surface area contributed by atoms with E-state index in [1.165, 1.54) is 27.8 Å². The van der Waals surface area contributed by atoms with Crippen LogP contribution in [0.25, 0.3) is 0 Å². The van der Waals surface area contributed by atoms with Crippen LogP contribution < -0.4 is 0 Å². The molecule has 1 aromatic rings. The second-order valence-electron chi connectivity index (χ2n) is 5.30. The molecular weight excluding hydrogens is 196 g/mol. The van der Waals surface area contributed by atoms with Gasteiger partial charge in [0.1, 0.15) is 5.78 Å². The van der Waals surface area contributed by atoms with Crippen LogP contribution in [-0.2, 0) is 10.2 Å². The SMILES string of the molecule is CC(=O)C(C)(C)c1cc(C)c(C)c(C)c1C. The number of aryl methyl sites for hydroxylation is 1. The minimum Gasteiger partial charge on any atom is -0.299 e. The zero-order chi connectivity index (χ0) is 12.7. The number of carbonyl (C=O) groups is 1. The molecule has 0 unspecified atom stereocenters. The molecule has 0 N–H and O–H groups in total. The summed E-state index contributed by atoms with van der Waals surface area (Å²) in [6, 6.07) is 2.17. The Morgan fingerprint density at radius 2 is 1.50 bits per heavy atom. The average molecular weight is 218 g/mol. The van der Waals surface area contributed by atoms with Crippen molar-refractivity contribution in [2.24, 2.45) is 0 Å². The van der Waals surface area contributed by atoms with Gasteiger partial charge in [-0.1, -0.05) is 6.07 Å². The minimum absolute atomic E-state index is 0.221. The first-order chi connectivity index (χ1) is 7.19. The van der Waals surface area contributed by atoms with Gasteiger partial charge < -0.3 is 0 Å². The highest BCUT2D eigenvalue weighted by Crippen LogP contribution is 2.31. The van der Waals surface area contributed by atoms with Crippen molar-refractivity contribution in [2.45, 2.75) is 53.9 Å². The summed E-state index contributed by atoms with van der Waals surface area (Å²) in [7, 11) is 0. The Bertz CT molecular complexity index is 439. The van der Waals surface area contributed by atoms with Crippen LogP contribution in [0.3, 0.4) is 0 Å². The summed E-state index contributed by atoms with van der Waals surface area (Å²) >= 11 is 0. The predicted molar refractivity (Wildman–Crippen MR) is 69.1 cm³/mol. The van der Waals surface area contributed by atoms with Crippen LogP contribution in [0.5, 0.6) is 0 Å². The highest BCUT2D eigenvalue weighted by atomic mass is 16.1. The molecule has 0 spiro atoms. The van der Waals surface area contributed by atoms with E-state index < -0.39 is 0 Å². The summed E-state index contributed by atoms with van der Waals surface area (Å²) in [5, 5.41) is 0. The van der Waals surface area contributed by atoms with Crippen LogP contribution >= 0.6 is 0 Å². The molecule has 0 atom stereocenters. The number of carbonyl (C=O) groups excluding carboxylic acids is 1. The molecule has 0 saturated heterocycles. The largest absolute Gasteiger partial charge is 0.299 e. The van der Waals surface area contributed by atoms with E-state index in [-0.39, 0.29) is 11.2 Å². The van der Waals surface area contributed by atoms with Gasteiger partial charge in [-0.05, 0) is 76.3 Å². The number of ketones is 1. The summed E-state index contributed by atoms with van der Waals surface area (Å²) in [5.41, 5.74) is 5.95. The zero-order valence-corrected chi connectivity index (χ0v) is 11.5. The van der Waals surface area contributed by atoms with Gasteiger partial charge in [0.15, 0.2) is 0 Å². The fourth-order valence-electron chi connectivity index (χ4n) is 2.05. The second-order valence-corrected chi connectivity index (χ2v) is 5.30. The Morgan fingerprint density at radius 3 is 1.94 bits per heavy atom. The van der Waals surface area contributed by atoms with Crippen molar-refractivity contribution in [1.82, 2.24) is 0 Å². The zero-order valence-electron chi connectivity index (χ0n) is 11.5. The van der Waals surface area contributed by atoms with E-state index in [0.717, 1.165) is 0 Å². The monoisotopic (exact) mass is 218 g/mol. The van der Waals surface area contributed by atoms with Crippen molar-refractivity contribution in [3.8, 4) is 0 Å². The van der Waals surface area contributed by atoms with E-state index in [1.807, 2.05) is 13.8 Å². The van der Waals surface area contributed by atoms with Crippen molar-refractivity contribution in [1.29, 1.82) is 0 Å². The number of Topliss-reactive ketones (excluding diaryl/α,β-unsaturated/α-hetero) is 1. The van der Waals surface area contributed by atoms with Crippen LogP contribution in [0.2, 0.25) is 0 Å². The molecule has 0 aliphatic heterocycles. The second kappa shape index (κ2) is 4.04. The van der Waals surface area contributed by atoms with E-state index >= 15 is 0 Å². The number of hydrogen-bond donors (Lipinski definition) is 0. The number of hydrogen-bond acceptors (Lipinski definition) is 1. The van der Waals surface area contributed by atoms with Crippen molar-refractivity contribution in [3.63, 3.8) is 0 Å². The van der Waals surface area contributed by atoms with Crippen LogP contribution in [0.15, 0.2) is 6.07 Å². The molecule has 88 valence electrons. The Kier molecular flexibility index (Phi) is 3.27. The lowest BCUT2D eigenvalue weighted by atomic mass is 9.76. The van der Waals surface area contributed by atoms with Crippen molar-refractivity contribution in [2.75, 3.05) is 0 Å². The Balaban J connectivity index is 3.54. The summed E-state index contributed by atoms with van der Waals surface area (Å²) in [4.78, 5) is 11.7. The first kappa shape index (κ1) is 13.0. The van der Waals surface area contributed by atoms with E-state index in [2.05, 4.69) is 33.8 Å². The average Bonchev–Trinajstić information content (AvgIpc) is 2.19. The summed E-state index contributed by atoms with van der Waals surface area (Å²) in [6.45, 7) is 14.2. The van der Waals surface area contributed by atoms with Crippen LogP contribution in [0.1, 0.15) is 48.6 Å². The van der Waals surface area contributed by atoms with E-state index in [4.69, 9.17) is 0 Å². The fourth-order valence-corrected chi connectivity index (χ4v) is 2.05. The molecule has 1 heteroatoms. The fraction of sp³-hybridized carbons (Fsp3) is 0.533. The van der Waals surface area contributed by atoms with Gasteiger partial charge in [0, 0.05) is 5.41 Å². The van der Waals surface area contributed by atoms with Gasteiger partial charge >= 0.3 is 0 Å². The van der Waals surface area contributed by atoms with Crippen molar-refractivity contribution in [3.05, 3.63) is 33.9 Å². The summed E-state index contributed by atoms with van der Waals surface area (Å²) in [6.07, 6.45) is 0. The van der Waals surface area contributed by atoms with Gasteiger partial charge in [-0.2, -0.15) is 0 Å². The maximum absolute atomic E-state index is 11.7. The summed E-state index contributed by atoms with van der Waals surface area (Å²) < 4.78 is 0. The molecule has 0 aliphatic rings. The minimum atomic E-state index is -0.382. The predicted octanol–water partition coefficient (Wildman–Crippen LogP) is 3.79. The smallest absolute Gasteiger partial charge is 0.139 e. The van der Waals surface area contributed by atoms with Crippen molar-refractivity contribution >= 4 is 5.78 Å². The third-order valence-electron chi connectivity index (χ3n) is 4.03. The topological polar surface area (TPSA) is 17.1 Å². The molecule has 16 heavy (non-hydrogen) atoms. The lowest BCUT2D eigenvalue weighted by Gasteiger charge is -2.26. The standard InChI is InChI=1S/C15H22O/c1-9-8-14(15(6,7)13(5)16)12(4)11(3)10(9)2/h8H,1-7H3. The maximum Gasteiger partial charge on any atom is 0.139 e. The molecule has 1 rings (SSSR count). The first-order valence-electron chi connectivity index (χ1n) is 5.78. The molecule has 0 aliphatic carbocycles. The molecule has 0 radical (unpaired) electrons. The quantitative estimate of drug-likeness (QED) is 0.738. The molecule has 0 amide bonds. The molecule has 0 saturated carbocycles. The lowest BCUT2D eigenvalue weighted by molar-refractivity contribution is -0.121. The highest BCUT2D eigenvalue weighted by Gasteiger charge is 2.28. The van der Waals surface area contributed by atoms with Gasteiger partial charge in [-0.25, -0.2) is 0 Å². The van der Waals surface area contributed by atoms with E-state index in [1.54, 1.807) is 6.92 Å². The Labute approximate surface area is 98.9 Å². The molecule has 0 fully saturated rings. The van der Waals surface area contributed by atoms with Gasteiger partial charge in [0.25, 0.3) is 0 Å². The lowest BCUT2D eigenvalue weighted by Crippen LogP contribution is -2.28. The third kappa shape index (κ3) is 1.91. The van der Waals surface area contributed by atoms with Crippen molar-refractivity contribution < 1.29 is 4.79 Å². The molecule has 0 bridgehead atoms. The van der Waals surface area contributed by atoms with E-state index in [9.17, 15) is 4.79 Å². The van der Waals surface area contributed by atoms with Gasteiger partial charge in [-0.3, -0.25) is 4.79 Å².